The van der Waals surface area contributed by atoms with Gasteiger partial charge in [-0.05, 0) is 0 Å². The van der Waals surface area contributed by atoms with Crippen LogP contribution in [0.5, 0.6) is 0 Å². The number of rotatable bonds is 1. The van der Waals surface area contributed by atoms with Gasteiger partial charge in [-0.2, -0.15) is 0 Å². The maximum atomic E-state index is 10.6. The van der Waals surface area contributed by atoms with Crippen LogP contribution in [-0.4, -0.2) is 25.0 Å². The zero-order chi connectivity index (χ0) is 13.5. The molecule has 2 aromatic heterocycles. The molecule has 94 valence electrons. The maximum absolute atomic E-state index is 10.6. The molecule has 0 spiro atoms. The molecule has 0 bridgehead atoms. The van der Waals surface area contributed by atoms with Crippen molar-refractivity contribution in [3.8, 4) is 0 Å². The molecule has 0 amide bonds. The molecule has 0 saturated heterocycles. The van der Waals surface area contributed by atoms with Gasteiger partial charge in [0.25, 0.3) is 5.56 Å². The summed E-state index contributed by atoms with van der Waals surface area (Å²) >= 11 is 0. The van der Waals surface area contributed by atoms with Gasteiger partial charge in [0.05, 0.1) is 12.2 Å². The highest BCUT2D eigenvalue weighted by Crippen LogP contribution is 1.79. The largest absolute Gasteiger partial charge is 0.391 e. The highest BCUT2D eigenvalue weighted by molar-refractivity contribution is 5.00. The average Bonchev–Trinajstić information content (AvgIpc) is 2.29. The molecule has 2 aromatic rings. The molecule has 9 heteroatoms. The third-order valence-electron chi connectivity index (χ3n) is 1.65. The maximum Gasteiger partial charge on any atom is 0.333 e. The van der Waals surface area contributed by atoms with Crippen LogP contribution >= 0.6 is 0 Å². The third-order valence-corrected chi connectivity index (χ3v) is 1.65. The SMILES string of the molecule is O=c1[nH]cc(CO)c(=O)[nH]1.O=c1c#c[nH]c(=O)[nH]1. The summed E-state index contributed by atoms with van der Waals surface area (Å²) in [5, 5.41) is 8.47. The van der Waals surface area contributed by atoms with E-state index in [0.29, 0.717) is 0 Å². The zero-order valence-corrected chi connectivity index (χ0v) is 8.86. The fraction of sp³-hybridized carbons (Fsp3) is 0.111. The summed E-state index contributed by atoms with van der Waals surface area (Å²) in [5.41, 5.74) is -2.09. The molecule has 18 heavy (non-hydrogen) atoms. The van der Waals surface area contributed by atoms with Crippen molar-refractivity contribution < 1.29 is 5.11 Å². The van der Waals surface area contributed by atoms with Gasteiger partial charge in [-0.15, -0.1) is 0 Å². The highest BCUT2D eigenvalue weighted by Gasteiger charge is 1.95. The van der Waals surface area contributed by atoms with E-state index in [1.807, 2.05) is 9.97 Å². The number of aromatic amines is 4. The monoisotopic (exact) mass is 252 g/mol. The van der Waals surface area contributed by atoms with Gasteiger partial charge in [0.2, 0.25) is 0 Å². The molecule has 5 N–H and O–H groups in total. The minimum Gasteiger partial charge on any atom is -0.391 e. The number of H-pyrrole nitrogens is 4. The molecule has 0 fully saturated rings. The van der Waals surface area contributed by atoms with E-state index in [2.05, 4.69) is 22.2 Å². The van der Waals surface area contributed by atoms with Crippen molar-refractivity contribution in [3.63, 3.8) is 0 Å². The summed E-state index contributed by atoms with van der Waals surface area (Å²) in [7, 11) is 0. The van der Waals surface area contributed by atoms with E-state index < -0.39 is 22.5 Å². The molecular formula is C9H8N4O5. The number of nitrogens with one attached hydrogen (secondary N) is 4. The minimum atomic E-state index is -0.567. The van der Waals surface area contributed by atoms with E-state index >= 15 is 0 Å². The molecule has 2 heterocycles. The lowest BCUT2D eigenvalue weighted by atomic mass is 10.4. The Morgan fingerprint density at radius 3 is 2.28 bits per heavy atom. The van der Waals surface area contributed by atoms with Gasteiger partial charge in [-0.1, -0.05) is 0 Å². The summed E-state index contributed by atoms with van der Waals surface area (Å²) in [6.45, 7) is -0.369. The third kappa shape index (κ3) is 3.95. The van der Waals surface area contributed by atoms with Crippen LogP contribution in [-0.2, 0) is 6.61 Å². The molecule has 0 saturated carbocycles. The molecule has 0 aromatic carbocycles. The second-order valence-corrected chi connectivity index (χ2v) is 2.91. The predicted octanol–water partition coefficient (Wildman–Crippen LogP) is -2.78. The van der Waals surface area contributed by atoms with Crippen molar-refractivity contribution in [1.82, 2.24) is 19.9 Å². The number of aliphatic hydroxyl groups excluding tert-OH is 1. The van der Waals surface area contributed by atoms with Crippen LogP contribution in [0, 0.1) is 12.3 Å². The van der Waals surface area contributed by atoms with Crippen molar-refractivity contribution in [3.05, 3.63) is 65.7 Å². The van der Waals surface area contributed by atoms with Gasteiger partial charge in [-0.3, -0.25) is 24.5 Å². The number of aliphatic hydroxyl groups is 1. The fourth-order valence-corrected chi connectivity index (χ4v) is 0.866. The van der Waals surface area contributed by atoms with Crippen LogP contribution in [0.2, 0.25) is 0 Å². The molecule has 9 nitrogen and oxygen atoms in total. The Morgan fingerprint density at radius 1 is 1.11 bits per heavy atom. The topological polar surface area (TPSA) is 152 Å². The van der Waals surface area contributed by atoms with E-state index in [4.69, 9.17) is 5.11 Å². The van der Waals surface area contributed by atoms with Crippen LogP contribution in [0.15, 0.2) is 25.4 Å². The first-order valence-electron chi connectivity index (χ1n) is 4.56. The normalized spacial score (nSPS) is 8.94. The second kappa shape index (κ2) is 6.02. The lowest BCUT2D eigenvalue weighted by molar-refractivity contribution is 0.279. The Labute approximate surface area is 98.2 Å². The van der Waals surface area contributed by atoms with Gasteiger partial charge < -0.3 is 10.1 Å². The molecule has 0 aliphatic heterocycles. The smallest absolute Gasteiger partial charge is 0.333 e. The zero-order valence-electron chi connectivity index (χ0n) is 8.86. The molecule has 0 aliphatic rings. The number of hydrogen-bond acceptors (Lipinski definition) is 5. The second-order valence-electron chi connectivity index (χ2n) is 2.91. The predicted molar refractivity (Wildman–Crippen MR) is 59.0 cm³/mol. The van der Waals surface area contributed by atoms with Crippen LogP contribution in [0.25, 0.3) is 0 Å². The summed E-state index contributed by atoms with van der Waals surface area (Å²) in [5.74, 6) is 0. The van der Waals surface area contributed by atoms with E-state index in [0.717, 1.165) is 0 Å². The van der Waals surface area contributed by atoms with E-state index in [9.17, 15) is 19.2 Å². The molecule has 2 rings (SSSR count). The quantitative estimate of drug-likeness (QED) is 0.371. The van der Waals surface area contributed by atoms with Crippen molar-refractivity contribution in [1.29, 1.82) is 0 Å². The van der Waals surface area contributed by atoms with Gasteiger partial charge in [-0.25, -0.2) is 9.59 Å². The Balaban J connectivity index is 0.000000184. The Bertz CT molecular complexity index is 697. The van der Waals surface area contributed by atoms with Crippen LogP contribution in [0.4, 0.5) is 0 Å². The highest BCUT2D eigenvalue weighted by atomic mass is 16.3. The van der Waals surface area contributed by atoms with E-state index in [1.165, 1.54) is 6.20 Å². The van der Waals surface area contributed by atoms with Gasteiger partial charge in [0.15, 0.2) is 0 Å². The Kier molecular flexibility index (Phi) is 4.42. The van der Waals surface area contributed by atoms with Crippen LogP contribution < -0.4 is 22.5 Å². The summed E-state index contributed by atoms with van der Waals surface area (Å²) < 4.78 is 0. The first kappa shape index (κ1) is 13.2. The lowest BCUT2D eigenvalue weighted by Crippen LogP contribution is -2.24. The standard InChI is InChI=1S/C5H6N2O3.C4H2N2O2/c8-2-3-1-6-5(10)7-4(3)9;7-3-1-2-5-4(8)6-3/h1,8H,2H2,(H2,6,7,9,10);(H2,5,6,7,8). The van der Waals surface area contributed by atoms with Gasteiger partial charge in [0, 0.05) is 18.5 Å². The molecular weight excluding hydrogens is 244 g/mol. The Hall–Kier alpha value is -2.86. The van der Waals surface area contributed by atoms with Crippen molar-refractivity contribution >= 4 is 0 Å². The molecule has 0 unspecified atom stereocenters. The molecule has 0 radical (unpaired) electrons. The van der Waals surface area contributed by atoms with Crippen molar-refractivity contribution in [2.75, 3.05) is 0 Å². The van der Waals surface area contributed by atoms with Crippen LogP contribution in [0.3, 0.4) is 0 Å². The lowest BCUT2D eigenvalue weighted by Gasteiger charge is -1.89. The van der Waals surface area contributed by atoms with E-state index in [-0.39, 0.29) is 12.2 Å². The van der Waals surface area contributed by atoms with Crippen molar-refractivity contribution in [2.24, 2.45) is 0 Å². The van der Waals surface area contributed by atoms with E-state index in [1.54, 1.807) is 0 Å². The van der Waals surface area contributed by atoms with Crippen molar-refractivity contribution in [2.45, 2.75) is 6.61 Å². The summed E-state index contributed by atoms with van der Waals surface area (Å²) in [4.78, 5) is 49.4. The van der Waals surface area contributed by atoms with Gasteiger partial charge in [0.1, 0.15) is 0 Å². The summed E-state index contributed by atoms with van der Waals surface area (Å²) in [6.07, 6.45) is 3.30. The fourth-order valence-electron chi connectivity index (χ4n) is 0.866. The minimum absolute atomic E-state index is 0.152. The summed E-state index contributed by atoms with van der Waals surface area (Å²) in [6, 6.07) is 2.08. The first-order chi connectivity index (χ1) is 8.52. The van der Waals surface area contributed by atoms with Gasteiger partial charge >= 0.3 is 16.9 Å². The number of hydrogen-bond donors (Lipinski definition) is 5. The first-order valence-corrected chi connectivity index (χ1v) is 4.56. The molecule has 0 aliphatic carbocycles. The Morgan fingerprint density at radius 2 is 1.83 bits per heavy atom. The molecule has 0 atom stereocenters. The van der Waals surface area contributed by atoms with Crippen LogP contribution in [0.1, 0.15) is 5.56 Å². The average molecular weight is 252 g/mol. The number of aromatic nitrogens is 4.